The van der Waals surface area contributed by atoms with Crippen LogP contribution < -0.4 is 4.74 Å². The summed E-state index contributed by atoms with van der Waals surface area (Å²) in [5.41, 5.74) is 4.08. The summed E-state index contributed by atoms with van der Waals surface area (Å²) in [5, 5.41) is 6.54. The number of ether oxygens (including phenoxy) is 1. The lowest BCUT2D eigenvalue weighted by Crippen LogP contribution is -2.28. The van der Waals surface area contributed by atoms with Crippen molar-refractivity contribution in [3.63, 3.8) is 0 Å². The Morgan fingerprint density at radius 3 is 2.74 bits per heavy atom. The first-order chi connectivity index (χ1) is 13.1. The van der Waals surface area contributed by atoms with Gasteiger partial charge in [0, 0.05) is 37.2 Å². The van der Waals surface area contributed by atoms with E-state index in [0.29, 0.717) is 13.0 Å². The fourth-order valence-electron chi connectivity index (χ4n) is 4.37. The van der Waals surface area contributed by atoms with Crippen molar-refractivity contribution in [1.82, 2.24) is 9.91 Å². The van der Waals surface area contributed by atoms with Crippen molar-refractivity contribution in [2.75, 3.05) is 33.3 Å². The van der Waals surface area contributed by atoms with E-state index in [-0.39, 0.29) is 5.78 Å². The number of hydrogen-bond acceptors (Lipinski definition) is 5. The molecule has 0 amide bonds. The van der Waals surface area contributed by atoms with Crippen molar-refractivity contribution in [2.45, 2.75) is 45.1 Å². The summed E-state index contributed by atoms with van der Waals surface area (Å²) in [6.45, 7) is 6.04. The predicted octanol–water partition coefficient (Wildman–Crippen LogP) is 3.25. The molecule has 4 rings (SSSR count). The molecule has 0 spiro atoms. The molecule has 2 aliphatic heterocycles. The number of likely N-dealkylation sites (tertiary alicyclic amines) is 1. The molecule has 3 aliphatic rings. The molecule has 2 heterocycles. The maximum Gasteiger partial charge on any atom is 0.161 e. The maximum absolute atomic E-state index is 12.1. The van der Waals surface area contributed by atoms with Crippen LogP contribution in [-0.2, 0) is 4.79 Å². The van der Waals surface area contributed by atoms with Gasteiger partial charge in [0.15, 0.2) is 5.78 Å². The van der Waals surface area contributed by atoms with Gasteiger partial charge in [0.2, 0.25) is 0 Å². The molecule has 1 aliphatic carbocycles. The molecule has 0 aromatic heterocycles. The Morgan fingerprint density at radius 2 is 2.00 bits per heavy atom. The zero-order valence-corrected chi connectivity index (χ0v) is 16.4. The van der Waals surface area contributed by atoms with Crippen molar-refractivity contribution in [1.29, 1.82) is 0 Å². The standard InChI is InChI=1S/C22H29N3O2/c1-16-5-3-12-25(16)13-4-14-27-18-8-6-17(7-9-18)22-19-10-11-21(26)20(19)15-24(2)23-22/h6-9,16H,3-5,10-15H2,1-2H3. The Morgan fingerprint density at radius 1 is 1.19 bits per heavy atom. The minimum absolute atomic E-state index is 0.275. The zero-order chi connectivity index (χ0) is 18.8. The van der Waals surface area contributed by atoms with Crippen molar-refractivity contribution in [3.8, 4) is 5.75 Å². The number of hydrazone groups is 1. The van der Waals surface area contributed by atoms with E-state index in [2.05, 4.69) is 29.1 Å². The Kier molecular flexibility index (Phi) is 5.30. The predicted molar refractivity (Wildman–Crippen MR) is 107 cm³/mol. The minimum Gasteiger partial charge on any atom is -0.494 e. The molecule has 0 saturated carbocycles. The number of nitrogens with zero attached hydrogens (tertiary/aromatic N) is 3. The summed E-state index contributed by atoms with van der Waals surface area (Å²) in [6.07, 6.45) is 5.14. The van der Waals surface area contributed by atoms with Crippen LogP contribution in [0.25, 0.3) is 0 Å². The van der Waals surface area contributed by atoms with E-state index in [1.807, 2.05) is 24.2 Å². The first-order valence-corrected chi connectivity index (χ1v) is 10.1. The summed E-state index contributed by atoms with van der Waals surface area (Å²) in [7, 11) is 1.92. The topological polar surface area (TPSA) is 45.1 Å². The summed E-state index contributed by atoms with van der Waals surface area (Å²) < 4.78 is 5.93. The highest BCUT2D eigenvalue weighted by Gasteiger charge is 2.30. The Hall–Kier alpha value is -2.14. The van der Waals surface area contributed by atoms with Crippen molar-refractivity contribution in [2.24, 2.45) is 5.10 Å². The third kappa shape index (κ3) is 3.93. The molecular weight excluding hydrogens is 338 g/mol. The average Bonchev–Trinajstić information content (AvgIpc) is 3.25. The van der Waals surface area contributed by atoms with Crippen LogP contribution in [0.1, 0.15) is 44.6 Å². The highest BCUT2D eigenvalue weighted by atomic mass is 16.5. The summed E-state index contributed by atoms with van der Waals surface area (Å²) in [6, 6.07) is 8.87. The average molecular weight is 367 g/mol. The second-order valence-electron chi connectivity index (χ2n) is 7.90. The van der Waals surface area contributed by atoms with Gasteiger partial charge in [-0.2, -0.15) is 5.10 Å². The van der Waals surface area contributed by atoms with E-state index in [1.165, 1.54) is 19.4 Å². The molecule has 1 unspecified atom stereocenters. The van der Waals surface area contributed by atoms with Crippen molar-refractivity contribution < 1.29 is 9.53 Å². The van der Waals surface area contributed by atoms with Gasteiger partial charge in [0.1, 0.15) is 5.75 Å². The van der Waals surface area contributed by atoms with Gasteiger partial charge in [-0.15, -0.1) is 0 Å². The molecule has 5 heteroatoms. The van der Waals surface area contributed by atoms with E-state index in [9.17, 15) is 4.79 Å². The van der Waals surface area contributed by atoms with Crippen LogP contribution in [-0.4, -0.2) is 60.7 Å². The number of carbonyl (C=O) groups is 1. The van der Waals surface area contributed by atoms with Gasteiger partial charge in [0.25, 0.3) is 0 Å². The van der Waals surface area contributed by atoms with Gasteiger partial charge in [0.05, 0.1) is 18.9 Å². The molecule has 27 heavy (non-hydrogen) atoms. The van der Waals surface area contributed by atoms with Gasteiger partial charge in [-0.05, 0) is 69.0 Å². The Labute approximate surface area is 161 Å². The largest absolute Gasteiger partial charge is 0.494 e. The van der Waals surface area contributed by atoms with E-state index in [1.54, 1.807) is 0 Å². The SMILES string of the molecule is CC1CCCN1CCCOc1ccc(C2=NN(C)CC3=C2CCC3=O)cc1. The van der Waals surface area contributed by atoms with Gasteiger partial charge in [-0.1, -0.05) is 0 Å². The molecule has 1 aromatic rings. The second kappa shape index (κ2) is 7.85. The van der Waals surface area contributed by atoms with Crippen molar-refractivity contribution in [3.05, 3.63) is 41.0 Å². The number of ketones is 1. The molecular formula is C22H29N3O2. The van der Waals surface area contributed by atoms with E-state index in [0.717, 1.165) is 60.2 Å². The van der Waals surface area contributed by atoms with E-state index in [4.69, 9.17) is 4.74 Å². The Bertz CT molecular complexity index is 766. The lowest BCUT2D eigenvalue weighted by Gasteiger charge is -2.23. The molecule has 0 bridgehead atoms. The molecule has 0 N–H and O–H groups in total. The van der Waals surface area contributed by atoms with E-state index < -0.39 is 0 Å². The Balaban J connectivity index is 1.35. The molecule has 1 atom stereocenters. The van der Waals surface area contributed by atoms with E-state index >= 15 is 0 Å². The quantitative estimate of drug-likeness (QED) is 0.724. The smallest absolute Gasteiger partial charge is 0.161 e. The maximum atomic E-state index is 12.1. The van der Waals surface area contributed by atoms with Crippen LogP contribution in [0.15, 0.2) is 40.5 Å². The minimum atomic E-state index is 0.275. The number of Topliss-reactive ketones (excluding diaryl/α,β-unsaturated/α-hetero) is 1. The van der Waals surface area contributed by atoms with Crippen LogP contribution in [0.5, 0.6) is 5.75 Å². The van der Waals surface area contributed by atoms with Crippen LogP contribution in [0, 0.1) is 0 Å². The first-order valence-electron chi connectivity index (χ1n) is 10.1. The highest BCUT2D eigenvalue weighted by molar-refractivity contribution is 6.19. The molecule has 1 aromatic carbocycles. The molecule has 1 saturated heterocycles. The number of likely N-dealkylation sites (N-methyl/N-ethyl adjacent to an activating group) is 1. The number of benzene rings is 1. The lowest BCUT2D eigenvalue weighted by molar-refractivity contribution is -0.115. The van der Waals surface area contributed by atoms with Gasteiger partial charge in [-0.25, -0.2) is 0 Å². The van der Waals surface area contributed by atoms with Gasteiger partial charge < -0.3 is 9.64 Å². The third-order valence-electron chi connectivity index (χ3n) is 5.92. The second-order valence-corrected chi connectivity index (χ2v) is 7.90. The third-order valence-corrected chi connectivity index (χ3v) is 5.92. The van der Waals surface area contributed by atoms with Crippen LogP contribution >= 0.6 is 0 Å². The van der Waals surface area contributed by atoms with Gasteiger partial charge in [-0.3, -0.25) is 9.80 Å². The normalized spacial score (nSPS) is 23.0. The molecule has 5 nitrogen and oxygen atoms in total. The zero-order valence-electron chi connectivity index (χ0n) is 16.4. The summed E-state index contributed by atoms with van der Waals surface area (Å²) >= 11 is 0. The van der Waals surface area contributed by atoms with Crippen LogP contribution in [0.3, 0.4) is 0 Å². The number of hydrogen-bond donors (Lipinski definition) is 0. The lowest BCUT2D eigenvalue weighted by atomic mass is 9.98. The van der Waals surface area contributed by atoms with Crippen molar-refractivity contribution >= 4 is 11.5 Å². The summed E-state index contributed by atoms with van der Waals surface area (Å²) in [4.78, 5) is 14.6. The molecule has 0 radical (unpaired) electrons. The number of rotatable bonds is 6. The fourth-order valence-corrected chi connectivity index (χ4v) is 4.37. The monoisotopic (exact) mass is 367 g/mol. The van der Waals surface area contributed by atoms with Gasteiger partial charge >= 0.3 is 0 Å². The fraction of sp³-hybridized carbons (Fsp3) is 0.545. The first kappa shape index (κ1) is 18.2. The number of allylic oxidation sites excluding steroid dienone is 1. The number of carbonyl (C=O) groups excluding carboxylic acids is 1. The molecule has 144 valence electrons. The van der Waals surface area contributed by atoms with Crippen LogP contribution in [0.4, 0.5) is 0 Å². The molecule has 1 fully saturated rings. The van der Waals surface area contributed by atoms with Crippen LogP contribution in [0.2, 0.25) is 0 Å². The summed E-state index contributed by atoms with van der Waals surface area (Å²) in [5.74, 6) is 1.17. The highest BCUT2D eigenvalue weighted by Crippen LogP contribution is 2.31.